The zero-order chi connectivity index (χ0) is 29.8. The SMILES string of the molecule is CCCCCCCNC(=O)c1ccc(C(=O)O)c(-c2c3cc(OC)c(=O)c(Cl)c-3oc3c(Cl)c(O)c(OC)cc23)c1. The Hall–Kier alpha value is -3.95. The van der Waals surface area contributed by atoms with E-state index in [-0.39, 0.29) is 72.0 Å². The maximum Gasteiger partial charge on any atom is 0.336 e. The van der Waals surface area contributed by atoms with Crippen LogP contribution in [0.15, 0.2) is 39.5 Å². The molecule has 9 nitrogen and oxygen atoms in total. The van der Waals surface area contributed by atoms with Crippen LogP contribution < -0.4 is 20.2 Å². The molecule has 0 atom stereocenters. The fourth-order valence-corrected chi connectivity index (χ4v) is 5.18. The third-order valence-electron chi connectivity index (χ3n) is 6.83. The fraction of sp³-hybridized carbons (Fsp3) is 0.300. The number of aromatic hydroxyl groups is 1. The van der Waals surface area contributed by atoms with Crippen molar-refractivity contribution in [2.24, 2.45) is 0 Å². The largest absolute Gasteiger partial charge is 0.503 e. The molecule has 1 heterocycles. The first kappa shape index (κ1) is 30.0. The molecule has 0 saturated carbocycles. The number of carboxylic acids is 1. The Balaban J connectivity index is 2.00. The molecule has 3 N–H and O–H groups in total. The van der Waals surface area contributed by atoms with Gasteiger partial charge in [0.05, 0.1) is 19.8 Å². The third-order valence-corrected chi connectivity index (χ3v) is 7.53. The summed E-state index contributed by atoms with van der Waals surface area (Å²) in [4.78, 5) is 38.3. The molecule has 0 aromatic heterocycles. The van der Waals surface area contributed by atoms with Gasteiger partial charge >= 0.3 is 5.97 Å². The van der Waals surface area contributed by atoms with Crippen molar-refractivity contribution >= 4 is 46.0 Å². The number of halogens is 2. The minimum atomic E-state index is -1.26. The van der Waals surface area contributed by atoms with Gasteiger partial charge in [-0.15, -0.1) is 0 Å². The summed E-state index contributed by atoms with van der Waals surface area (Å²) in [6.07, 6.45) is 5.14. The number of carbonyl (C=O) groups is 2. The smallest absolute Gasteiger partial charge is 0.336 e. The van der Waals surface area contributed by atoms with Crippen LogP contribution >= 0.6 is 23.2 Å². The number of ether oxygens (including phenoxy) is 2. The highest BCUT2D eigenvalue weighted by Crippen LogP contribution is 2.50. The molecule has 216 valence electrons. The average Bonchev–Trinajstić information content (AvgIpc) is 2.97. The van der Waals surface area contributed by atoms with Crippen molar-refractivity contribution in [1.29, 1.82) is 0 Å². The second kappa shape index (κ2) is 12.7. The second-order valence-electron chi connectivity index (χ2n) is 9.43. The van der Waals surface area contributed by atoms with Gasteiger partial charge < -0.3 is 29.4 Å². The van der Waals surface area contributed by atoms with E-state index in [1.54, 1.807) is 0 Å². The van der Waals surface area contributed by atoms with E-state index in [9.17, 15) is 24.6 Å². The summed E-state index contributed by atoms with van der Waals surface area (Å²) < 4.78 is 16.5. The molecule has 4 rings (SSSR count). The number of carbonyl (C=O) groups excluding carboxylic acids is 1. The number of hydrogen-bond donors (Lipinski definition) is 3. The average molecular weight is 602 g/mol. The summed E-state index contributed by atoms with van der Waals surface area (Å²) in [5.41, 5.74) is -0.0749. The van der Waals surface area contributed by atoms with Crippen molar-refractivity contribution in [3.05, 3.63) is 61.7 Å². The molecule has 1 aliphatic heterocycles. The van der Waals surface area contributed by atoms with Gasteiger partial charge in [0, 0.05) is 28.6 Å². The standard InChI is InChI=1S/C30H29Cl2NO8/c1-4-5-6-7-8-11-33-29(36)15-9-10-16(30(37)38)17(12-15)22-18-13-20(39-2)25(34)23(31)27(18)41-28-19(22)14-21(40-3)26(35)24(28)32/h9-10,12-14,34H,4-8,11H2,1-3H3,(H,33,36)(H,37,38). The lowest BCUT2D eigenvalue weighted by molar-refractivity contribution is 0.0697. The molecule has 41 heavy (non-hydrogen) atoms. The lowest BCUT2D eigenvalue weighted by atomic mass is 9.89. The summed E-state index contributed by atoms with van der Waals surface area (Å²) in [6.45, 7) is 2.60. The van der Waals surface area contributed by atoms with E-state index in [0.29, 0.717) is 6.54 Å². The Morgan fingerprint density at radius 3 is 2.32 bits per heavy atom. The highest BCUT2D eigenvalue weighted by atomic mass is 35.5. The zero-order valence-corrected chi connectivity index (χ0v) is 24.2. The number of aromatic carboxylic acids is 1. The molecule has 1 aliphatic carbocycles. The first-order valence-corrected chi connectivity index (χ1v) is 13.8. The fourth-order valence-electron chi connectivity index (χ4n) is 4.72. The number of carboxylic acid groups (broad SMARTS) is 1. The number of nitrogens with one attached hydrogen (secondary N) is 1. The van der Waals surface area contributed by atoms with Crippen LogP contribution in [0.5, 0.6) is 17.2 Å². The molecular formula is C30H29Cl2NO8. The number of unbranched alkanes of at least 4 members (excludes halogenated alkanes) is 4. The molecule has 2 aliphatic rings. The second-order valence-corrected chi connectivity index (χ2v) is 10.2. The van der Waals surface area contributed by atoms with Crippen LogP contribution in [0.1, 0.15) is 59.7 Å². The molecule has 0 saturated heterocycles. The van der Waals surface area contributed by atoms with E-state index >= 15 is 0 Å². The van der Waals surface area contributed by atoms with Crippen molar-refractivity contribution in [1.82, 2.24) is 5.32 Å². The number of rotatable bonds is 11. The van der Waals surface area contributed by atoms with Gasteiger partial charge in [-0.3, -0.25) is 9.59 Å². The van der Waals surface area contributed by atoms with Crippen LogP contribution in [0.3, 0.4) is 0 Å². The van der Waals surface area contributed by atoms with Crippen LogP contribution in [0, 0.1) is 0 Å². The minimum absolute atomic E-state index is 0.00866. The van der Waals surface area contributed by atoms with E-state index < -0.39 is 17.1 Å². The van der Waals surface area contributed by atoms with Gasteiger partial charge in [0.2, 0.25) is 5.43 Å². The number of benzene rings is 3. The van der Waals surface area contributed by atoms with Gasteiger partial charge in [0.1, 0.15) is 10.0 Å². The molecule has 2 aromatic rings. The molecule has 1 amide bonds. The summed E-state index contributed by atoms with van der Waals surface area (Å²) in [7, 11) is 2.62. The predicted octanol–water partition coefficient (Wildman–Crippen LogP) is 6.99. The van der Waals surface area contributed by atoms with Gasteiger partial charge in [-0.05, 0) is 42.3 Å². The molecule has 2 aromatic carbocycles. The van der Waals surface area contributed by atoms with Gasteiger partial charge in [0.15, 0.2) is 28.6 Å². The Kier molecular flexibility index (Phi) is 9.30. The molecule has 0 bridgehead atoms. The quantitative estimate of drug-likeness (QED) is 0.123. The molecule has 0 radical (unpaired) electrons. The maximum atomic E-state index is 13.1. The van der Waals surface area contributed by atoms with Gasteiger partial charge in [0.25, 0.3) is 5.91 Å². The molecule has 11 heteroatoms. The Labute approximate surface area is 245 Å². The number of fused-ring (bicyclic) bond motifs is 2. The first-order chi connectivity index (χ1) is 19.6. The van der Waals surface area contributed by atoms with Crippen molar-refractivity contribution in [3.63, 3.8) is 0 Å². The topological polar surface area (TPSA) is 135 Å². The highest BCUT2D eigenvalue weighted by molar-refractivity contribution is 6.38. The van der Waals surface area contributed by atoms with Crippen molar-refractivity contribution in [2.75, 3.05) is 20.8 Å². The minimum Gasteiger partial charge on any atom is -0.503 e. The summed E-state index contributed by atoms with van der Waals surface area (Å²) in [5, 5.41) is 23.3. The van der Waals surface area contributed by atoms with Gasteiger partial charge in [-0.25, -0.2) is 4.79 Å². The molecular weight excluding hydrogens is 573 g/mol. The number of hydrogen-bond acceptors (Lipinski definition) is 7. The Morgan fingerprint density at radius 1 is 0.951 bits per heavy atom. The zero-order valence-electron chi connectivity index (χ0n) is 22.7. The third kappa shape index (κ3) is 5.78. The highest BCUT2D eigenvalue weighted by Gasteiger charge is 2.29. The van der Waals surface area contributed by atoms with Crippen LogP contribution in [0.2, 0.25) is 10.0 Å². The van der Waals surface area contributed by atoms with Crippen molar-refractivity contribution in [3.8, 4) is 39.7 Å². The van der Waals surface area contributed by atoms with E-state index in [1.165, 1.54) is 44.6 Å². The maximum absolute atomic E-state index is 13.1. The van der Waals surface area contributed by atoms with Crippen LogP contribution in [-0.2, 0) is 0 Å². The van der Waals surface area contributed by atoms with Crippen LogP contribution in [0.25, 0.3) is 33.4 Å². The number of phenols is 1. The first-order valence-electron chi connectivity index (χ1n) is 13.0. The summed E-state index contributed by atoms with van der Waals surface area (Å²) in [5.74, 6) is -2.29. The molecule has 0 spiro atoms. The van der Waals surface area contributed by atoms with E-state index in [0.717, 1.165) is 32.1 Å². The lowest BCUT2D eigenvalue weighted by Crippen LogP contribution is -2.24. The summed E-state index contributed by atoms with van der Waals surface area (Å²) in [6, 6.07) is 7.01. The molecule has 0 fully saturated rings. The number of phenolic OH excluding ortho intramolecular Hbond substituents is 1. The van der Waals surface area contributed by atoms with Crippen LogP contribution in [0.4, 0.5) is 0 Å². The monoisotopic (exact) mass is 601 g/mol. The van der Waals surface area contributed by atoms with Crippen molar-refractivity contribution in [2.45, 2.75) is 39.0 Å². The summed E-state index contributed by atoms with van der Waals surface area (Å²) >= 11 is 12.9. The normalized spacial score (nSPS) is 11.1. The number of methoxy groups -OCH3 is 2. The Morgan fingerprint density at radius 2 is 1.66 bits per heavy atom. The lowest BCUT2D eigenvalue weighted by Gasteiger charge is -2.20. The van der Waals surface area contributed by atoms with Crippen LogP contribution in [-0.4, -0.2) is 42.9 Å². The van der Waals surface area contributed by atoms with Gasteiger partial charge in [-0.1, -0.05) is 55.8 Å². The molecule has 0 unspecified atom stereocenters. The number of amides is 1. The predicted molar refractivity (Wildman–Crippen MR) is 157 cm³/mol. The van der Waals surface area contributed by atoms with E-state index in [2.05, 4.69) is 12.2 Å². The van der Waals surface area contributed by atoms with E-state index in [4.69, 9.17) is 37.1 Å². The van der Waals surface area contributed by atoms with Crippen molar-refractivity contribution < 1.29 is 33.7 Å². The van der Waals surface area contributed by atoms with E-state index in [1.807, 2.05) is 0 Å². The van der Waals surface area contributed by atoms with Gasteiger partial charge in [-0.2, -0.15) is 0 Å². The Bertz CT molecular complexity index is 1660.